The zero-order valence-corrected chi connectivity index (χ0v) is 9.57. The maximum atomic E-state index is 11.0. The van der Waals surface area contributed by atoms with Crippen molar-refractivity contribution in [2.24, 2.45) is 10.9 Å². The van der Waals surface area contributed by atoms with Gasteiger partial charge in [0.25, 0.3) is 0 Å². The third-order valence-electron chi connectivity index (χ3n) is 2.57. The molecular weight excluding hydrogens is 218 g/mol. The number of nitrogens with two attached hydrogens (primary N) is 1. The summed E-state index contributed by atoms with van der Waals surface area (Å²) in [6.45, 7) is 1.25. The first kappa shape index (κ1) is 12.3. The average molecular weight is 235 g/mol. The number of rotatable bonds is 4. The summed E-state index contributed by atoms with van der Waals surface area (Å²) >= 11 is 0. The van der Waals surface area contributed by atoms with Crippen molar-refractivity contribution in [1.29, 1.82) is 0 Å². The van der Waals surface area contributed by atoms with Crippen molar-refractivity contribution in [3.8, 4) is 0 Å². The second kappa shape index (κ2) is 4.80. The number of hydrogen-bond acceptors (Lipinski definition) is 5. The maximum Gasteiger partial charge on any atom is 0.156 e. The predicted octanol–water partition coefficient (Wildman–Crippen LogP) is -0.758. The molecule has 1 unspecified atom stereocenters. The first-order chi connectivity index (χ1) is 6.94. The molecule has 88 valence electrons. The monoisotopic (exact) mass is 235 g/mol. The van der Waals surface area contributed by atoms with Gasteiger partial charge in [0.1, 0.15) is 9.84 Å². The Bertz CT molecular complexity index is 339. The molecule has 0 bridgehead atoms. The Morgan fingerprint density at radius 3 is 2.87 bits per heavy atom. The molecule has 0 aliphatic carbocycles. The predicted molar refractivity (Wildman–Crippen MR) is 57.7 cm³/mol. The summed E-state index contributed by atoms with van der Waals surface area (Å²) < 4.78 is 22.0. The Morgan fingerprint density at radius 1 is 1.67 bits per heavy atom. The molecular formula is C8H17N3O3S. The van der Waals surface area contributed by atoms with Crippen molar-refractivity contribution in [3.05, 3.63) is 0 Å². The van der Waals surface area contributed by atoms with E-state index in [9.17, 15) is 8.42 Å². The van der Waals surface area contributed by atoms with Crippen LogP contribution in [0.15, 0.2) is 5.16 Å². The molecule has 3 N–H and O–H groups in total. The molecule has 15 heavy (non-hydrogen) atoms. The summed E-state index contributed by atoms with van der Waals surface area (Å²) in [6, 6.07) is -0.114. The summed E-state index contributed by atoms with van der Waals surface area (Å²) in [5.74, 6) is 0.281. The van der Waals surface area contributed by atoms with Crippen molar-refractivity contribution >= 4 is 15.7 Å². The number of likely N-dealkylation sites (tertiary alicyclic amines) is 1. The number of sulfone groups is 1. The number of nitrogens with zero attached hydrogens (tertiary/aromatic N) is 2. The molecule has 1 rings (SSSR count). The van der Waals surface area contributed by atoms with Crippen molar-refractivity contribution in [3.63, 3.8) is 0 Å². The topological polar surface area (TPSA) is 96.0 Å². The Kier molecular flexibility index (Phi) is 3.92. The molecule has 1 fully saturated rings. The fourth-order valence-electron chi connectivity index (χ4n) is 1.78. The molecule has 1 saturated heterocycles. The van der Waals surface area contributed by atoms with Gasteiger partial charge in [0.2, 0.25) is 0 Å². The zero-order chi connectivity index (χ0) is 11.5. The van der Waals surface area contributed by atoms with Crippen LogP contribution in [0.3, 0.4) is 0 Å². The van der Waals surface area contributed by atoms with E-state index in [0.29, 0.717) is 6.54 Å². The Balaban J connectivity index is 2.54. The summed E-state index contributed by atoms with van der Waals surface area (Å²) in [5, 5.41) is 11.5. The van der Waals surface area contributed by atoms with Gasteiger partial charge in [-0.2, -0.15) is 0 Å². The van der Waals surface area contributed by atoms with Crippen LogP contribution < -0.4 is 5.73 Å². The normalized spacial score (nSPS) is 24.6. The first-order valence-corrected chi connectivity index (χ1v) is 6.89. The van der Waals surface area contributed by atoms with Crippen LogP contribution in [0.2, 0.25) is 0 Å². The molecule has 1 aliphatic rings. The number of oxime groups is 1. The van der Waals surface area contributed by atoms with Gasteiger partial charge in [0.05, 0.1) is 11.8 Å². The zero-order valence-electron chi connectivity index (χ0n) is 8.76. The van der Waals surface area contributed by atoms with E-state index < -0.39 is 9.84 Å². The third-order valence-corrected chi connectivity index (χ3v) is 3.49. The van der Waals surface area contributed by atoms with Crippen LogP contribution in [-0.4, -0.2) is 55.5 Å². The molecule has 0 aromatic carbocycles. The second-order valence-electron chi connectivity index (χ2n) is 3.85. The number of hydrogen-bond donors (Lipinski definition) is 2. The van der Waals surface area contributed by atoms with Gasteiger partial charge in [-0.15, -0.1) is 0 Å². The third kappa shape index (κ3) is 3.67. The molecule has 0 saturated carbocycles. The van der Waals surface area contributed by atoms with E-state index in [4.69, 9.17) is 10.9 Å². The van der Waals surface area contributed by atoms with Crippen LogP contribution in [0.4, 0.5) is 0 Å². The van der Waals surface area contributed by atoms with Crippen LogP contribution in [0.5, 0.6) is 0 Å². The lowest BCUT2D eigenvalue weighted by atomic mass is 10.2. The Hall–Kier alpha value is -0.820. The van der Waals surface area contributed by atoms with E-state index in [1.54, 1.807) is 0 Å². The van der Waals surface area contributed by atoms with Gasteiger partial charge < -0.3 is 10.9 Å². The fourth-order valence-corrected chi connectivity index (χ4v) is 2.34. The molecule has 0 spiro atoms. The van der Waals surface area contributed by atoms with E-state index in [1.807, 2.05) is 4.90 Å². The van der Waals surface area contributed by atoms with Gasteiger partial charge in [-0.3, -0.25) is 4.90 Å². The van der Waals surface area contributed by atoms with Crippen molar-refractivity contribution < 1.29 is 13.6 Å². The molecule has 1 heterocycles. The van der Waals surface area contributed by atoms with Crippen LogP contribution in [-0.2, 0) is 9.84 Å². The van der Waals surface area contributed by atoms with Crippen LogP contribution in [0.25, 0.3) is 0 Å². The highest BCUT2D eigenvalue weighted by molar-refractivity contribution is 7.90. The summed E-state index contributed by atoms with van der Waals surface area (Å²) in [7, 11) is -2.95. The smallest absolute Gasteiger partial charge is 0.156 e. The highest BCUT2D eigenvalue weighted by Crippen LogP contribution is 2.16. The van der Waals surface area contributed by atoms with Crippen molar-refractivity contribution in [1.82, 2.24) is 4.90 Å². The molecule has 6 nitrogen and oxygen atoms in total. The van der Waals surface area contributed by atoms with E-state index in [0.717, 1.165) is 19.4 Å². The standard InChI is InChI=1S/C8H17N3O3S/c1-15(13,14)6-5-11-4-2-3-7(11)8(9)10-12/h7,12H,2-6H2,1H3,(H2,9,10). The summed E-state index contributed by atoms with van der Waals surface area (Å²) in [6.07, 6.45) is 2.98. The molecule has 1 aliphatic heterocycles. The van der Waals surface area contributed by atoms with E-state index >= 15 is 0 Å². The van der Waals surface area contributed by atoms with E-state index in [1.165, 1.54) is 6.26 Å². The first-order valence-electron chi connectivity index (χ1n) is 4.83. The minimum atomic E-state index is -2.95. The summed E-state index contributed by atoms with van der Waals surface area (Å²) in [4.78, 5) is 1.94. The molecule has 0 aromatic heterocycles. The lowest BCUT2D eigenvalue weighted by Gasteiger charge is -2.22. The van der Waals surface area contributed by atoms with Crippen molar-refractivity contribution in [2.75, 3.05) is 25.1 Å². The maximum absolute atomic E-state index is 11.0. The molecule has 0 aromatic rings. The Morgan fingerprint density at radius 2 is 2.33 bits per heavy atom. The Labute approximate surface area is 89.7 Å². The lowest BCUT2D eigenvalue weighted by molar-refractivity contribution is 0.289. The van der Waals surface area contributed by atoms with Gasteiger partial charge in [-0.1, -0.05) is 5.16 Å². The fraction of sp³-hybridized carbons (Fsp3) is 0.875. The largest absolute Gasteiger partial charge is 0.409 e. The quantitative estimate of drug-likeness (QED) is 0.289. The van der Waals surface area contributed by atoms with Gasteiger partial charge in [0.15, 0.2) is 5.84 Å². The highest BCUT2D eigenvalue weighted by Gasteiger charge is 2.28. The van der Waals surface area contributed by atoms with Gasteiger partial charge in [0, 0.05) is 12.8 Å². The molecule has 1 atom stereocenters. The van der Waals surface area contributed by atoms with E-state index in [-0.39, 0.29) is 17.6 Å². The molecule has 7 heteroatoms. The van der Waals surface area contributed by atoms with Crippen molar-refractivity contribution in [2.45, 2.75) is 18.9 Å². The minimum absolute atomic E-state index is 0.113. The van der Waals surface area contributed by atoms with Gasteiger partial charge in [-0.05, 0) is 19.4 Å². The average Bonchev–Trinajstić information content (AvgIpc) is 2.60. The molecule has 0 radical (unpaired) electrons. The highest BCUT2D eigenvalue weighted by atomic mass is 32.2. The van der Waals surface area contributed by atoms with Crippen LogP contribution in [0.1, 0.15) is 12.8 Å². The van der Waals surface area contributed by atoms with Crippen LogP contribution >= 0.6 is 0 Å². The van der Waals surface area contributed by atoms with Crippen LogP contribution in [0, 0.1) is 0 Å². The lowest BCUT2D eigenvalue weighted by Crippen LogP contribution is -2.42. The van der Waals surface area contributed by atoms with Gasteiger partial charge in [-0.25, -0.2) is 8.42 Å². The second-order valence-corrected chi connectivity index (χ2v) is 6.11. The van der Waals surface area contributed by atoms with E-state index in [2.05, 4.69) is 5.16 Å². The number of amidine groups is 1. The molecule has 0 amide bonds. The SMILES string of the molecule is CS(=O)(=O)CCN1CCCC1C(N)=NO. The minimum Gasteiger partial charge on any atom is -0.409 e. The van der Waals surface area contributed by atoms with Gasteiger partial charge >= 0.3 is 0 Å². The summed E-state index contributed by atoms with van der Waals surface area (Å²) in [5.41, 5.74) is 5.52.